The molecule has 0 bridgehead atoms. The van der Waals surface area contributed by atoms with Gasteiger partial charge in [0.1, 0.15) is 5.82 Å². The first-order chi connectivity index (χ1) is 8.92. The molecule has 106 valence electrons. The van der Waals surface area contributed by atoms with E-state index in [-0.39, 0.29) is 16.4 Å². The van der Waals surface area contributed by atoms with Crippen molar-refractivity contribution in [3.63, 3.8) is 0 Å². The van der Waals surface area contributed by atoms with Crippen molar-refractivity contribution in [1.82, 2.24) is 0 Å². The zero-order chi connectivity index (χ0) is 14.0. The van der Waals surface area contributed by atoms with E-state index >= 15 is 0 Å². The summed E-state index contributed by atoms with van der Waals surface area (Å²) in [6.07, 6.45) is 4.57. The van der Waals surface area contributed by atoms with Crippen LogP contribution in [0.15, 0.2) is 18.2 Å². The molecular formula is C16H22ClFO. The molecule has 0 heterocycles. The highest BCUT2D eigenvalue weighted by Crippen LogP contribution is 2.43. The Morgan fingerprint density at radius 2 is 2.16 bits per heavy atom. The molecule has 0 aromatic heterocycles. The van der Waals surface area contributed by atoms with Crippen LogP contribution in [0.4, 0.5) is 4.39 Å². The van der Waals surface area contributed by atoms with Gasteiger partial charge in [0.05, 0.1) is 11.1 Å². The lowest BCUT2D eigenvalue weighted by atomic mass is 9.66. The monoisotopic (exact) mass is 284 g/mol. The van der Waals surface area contributed by atoms with Crippen molar-refractivity contribution in [1.29, 1.82) is 0 Å². The highest BCUT2D eigenvalue weighted by atomic mass is 35.5. The molecule has 2 atom stereocenters. The van der Waals surface area contributed by atoms with Crippen molar-refractivity contribution in [2.24, 2.45) is 11.3 Å². The van der Waals surface area contributed by atoms with Crippen molar-refractivity contribution in [3.8, 4) is 0 Å². The number of hydrogen-bond donors (Lipinski definition) is 1. The van der Waals surface area contributed by atoms with Crippen LogP contribution in [-0.2, 0) is 6.42 Å². The van der Waals surface area contributed by atoms with Crippen LogP contribution in [-0.4, -0.2) is 11.2 Å². The molecule has 0 aliphatic heterocycles. The number of aliphatic hydroxyl groups is 1. The molecule has 1 fully saturated rings. The minimum absolute atomic E-state index is 0.148. The zero-order valence-electron chi connectivity index (χ0n) is 11.6. The lowest BCUT2D eigenvalue weighted by molar-refractivity contribution is 0.00579. The minimum Gasteiger partial charge on any atom is -0.392 e. The number of aliphatic hydroxyl groups excluding tert-OH is 1. The SMILES string of the molecule is CC1(C)CCCCC1C(O)Cc1cccc(F)c1Cl. The molecule has 2 rings (SSSR count). The Hall–Kier alpha value is -0.600. The highest BCUT2D eigenvalue weighted by molar-refractivity contribution is 6.31. The van der Waals surface area contributed by atoms with Crippen LogP contribution in [0.1, 0.15) is 45.1 Å². The van der Waals surface area contributed by atoms with Gasteiger partial charge in [0.2, 0.25) is 0 Å². The maximum Gasteiger partial charge on any atom is 0.142 e. The van der Waals surface area contributed by atoms with E-state index in [1.165, 1.54) is 18.9 Å². The van der Waals surface area contributed by atoms with Crippen LogP contribution in [0.2, 0.25) is 5.02 Å². The standard InChI is InChI=1S/C16H22ClFO/c1-16(2)9-4-3-7-12(16)14(19)10-11-6-5-8-13(18)15(11)17/h5-6,8,12,14,19H,3-4,7,9-10H2,1-2H3. The van der Waals surface area contributed by atoms with Gasteiger partial charge in [-0.05, 0) is 35.8 Å². The van der Waals surface area contributed by atoms with Gasteiger partial charge in [-0.1, -0.05) is 50.4 Å². The fraction of sp³-hybridized carbons (Fsp3) is 0.625. The molecule has 1 N–H and O–H groups in total. The van der Waals surface area contributed by atoms with E-state index in [0.717, 1.165) is 12.8 Å². The van der Waals surface area contributed by atoms with Gasteiger partial charge in [0, 0.05) is 6.42 Å². The van der Waals surface area contributed by atoms with Crippen molar-refractivity contribution < 1.29 is 9.50 Å². The summed E-state index contributed by atoms with van der Waals surface area (Å²) in [6, 6.07) is 4.79. The van der Waals surface area contributed by atoms with Gasteiger partial charge in [-0.3, -0.25) is 0 Å². The van der Waals surface area contributed by atoms with Crippen LogP contribution in [0.25, 0.3) is 0 Å². The first-order valence-corrected chi connectivity index (χ1v) is 7.40. The average molecular weight is 285 g/mol. The fourth-order valence-electron chi connectivity index (χ4n) is 3.31. The van der Waals surface area contributed by atoms with Gasteiger partial charge in [-0.15, -0.1) is 0 Å². The van der Waals surface area contributed by atoms with Crippen molar-refractivity contribution in [3.05, 3.63) is 34.6 Å². The van der Waals surface area contributed by atoms with E-state index in [1.807, 2.05) is 0 Å². The van der Waals surface area contributed by atoms with Crippen LogP contribution >= 0.6 is 11.6 Å². The largest absolute Gasteiger partial charge is 0.392 e. The molecule has 1 aliphatic carbocycles. The first-order valence-electron chi connectivity index (χ1n) is 7.03. The predicted octanol–water partition coefficient (Wildman–Crippen LogP) is 4.60. The topological polar surface area (TPSA) is 20.2 Å². The van der Waals surface area contributed by atoms with E-state index in [4.69, 9.17) is 11.6 Å². The first kappa shape index (κ1) is 14.8. The van der Waals surface area contributed by atoms with Crippen molar-refractivity contribution in [2.45, 2.75) is 52.1 Å². The Morgan fingerprint density at radius 1 is 1.42 bits per heavy atom. The summed E-state index contributed by atoms with van der Waals surface area (Å²) in [5.74, 6) is -0.144. The van der Waals surface area contributed by atoms with Crippen LogP contribution < -0.4 is 0 Å². The summed E-state index contributed by atoms with van der Waals surface area (Å²) in [7, 11) is 0. The zero-order valence-corrected chi connectivity index (χ0v) is 12.4. The molecule has 1 aromatic rings. The van der Waals surface area contributed by atoms with E-state index < -0.39 is 11.9 Å². The fourth-order valence-corrected chi connectivity index (χ4v) is 3.51. The number of benzene rings is 1. The van der Waals surface area contributed by atoms with Crippen molar-refractivity contribution in [2.75, 3.05) is 0 Å². The molecule has 0 radical (unpaired) electrons. The van der Waals surface area contributed by atoms with Crippen LogP contribution in [0, 0.1) is 17.2 Å². The summed E-state index contributed by atoms with van der Waals surface area (Å²) in [5, 5.41) is 10.6. The van der Waals surface area contributed by atoms with Gasteiger partial charge in [0.15, 0.2) is 0 Å². The number of halogens is 2. The maximum absolute atomic E-state index is 13.4. The predicted molar refractivity (Wildman–Crippen MR) is 76.9 cm³/mol. The van der Waals surface area contributed by atoms with Gasteiger partial charge < -0.3 is 5.11 Å². The minimum atomic E-state index is -0.449. The molecule has 3 heteroatoms. The molecule has 1 saturated carbocycles. The summed E-state index contributed by atoms with van der Waals surface area (Å²) in [5.41, 5.74) is 0.854. The van der Waals surface area contributed by atoms with Gasteiger partial charge in [-0.2, -0.15) is 0 Å². The number of hydrogen-bond acceptors (Lipinski definition) is 1. The molecular weight excluding hydrogens is 263 g/mol. The Morgan fingerprint density at radius 3 is 2.84 bits per heavy atom. The lowest BCUT2D eigenvalue weighted by Gasteiger charge is -2.41. The second kappa shape index (κ2) is 5.80. The van der Waals surface area contributed by atoms with E-state index in [9.17, 15) is 9.50 Å². The van der Waals surface area contributed by atoms with Gasteiger partial charge in [-0.25, -0.2) is 4.39 Å². The smallest absolute Gasteiger partial charge is 0.142 e. The molecule has 0 saturated heterocycles. The van der Waals surface area contributed by atoms with E-state index in [2.05, 4.69) is 13.8 Å². The molecule has 1 aromatic carbocycles. The second-order valence-corrected chi connectivity index (χ2v) is 6.70. The molecule has 0 amide bonds. The molecule has 1 aliphatic rings. The Labute approximate surface area is 119 Å². The quantitative estimate of drug-likeness (QED) is 0.860. The summed E-state index contributed by atoms with van der Waals surface area (Å²) in [6.45, 7) is 4.43. The lowest BCUT2D eigenvalue weighted by Crippen LogP contribution is -2.37. The third-order valence-electron chi connectivity index (χ3n) is 4.52. The summed E-state index contributed by atoms with van der Waals surface area (Å²) in [4.78, 5) is 0. The normalized spacial score (nSPS) is 24.2. The third kappa shape index (κ3) is 3.29. The van der Waals surface area contributed by atoms with E-state index in [0.29, 0.717) is 12.0 Å². The van der Waals surface area contributed by atoms with Crippen molar-refractivity contribution >= 4 is 11.6 Å². The average Bonchev–Trinajstić information content (AvgIpc) is 2.34. The maximum atomic E-state index is 13.4. The molecule has 1 nitrogen and oxygen atoms in total. The van der Waals surface area contributed by atoms with E-state index in [1.54, 1.807) is 12.1 Å². The molecule has 2 unspecified atom stereocenters. The Balaban J connectivity index is 2.12. The Kier molecular flexibility index (Phi) is 4.52. The second-order valence-electron chi connectivity index (χ2n) is 6.33. The summed E-state index contributed by atoms with van der Waals surface area (Å²) < 4.78 is 13.4. The third-order valence-corrected chi connectivity index (χ3v) is 4.94. The summed E-state index contributed by atoms with van der Waals surface area (Å²) >= 11 is 5.96. The van der Waals surface area contributed by atoms with Crippen LogP contribution in [0.3, 0.4) is 0 Å². The number of rotatable bonds is 3. The highest BCUT2D eigenvalue weighted by Gasteiger charge is 2.36. The van der Waals surface area contributed by atoms with Gasteiger partial charge >= 0.3 is 0 Å². The Bertz CT molecular complexity index is 444. The molecule has 19 heavy (non-hydrogen) atoms. The van der Waals surface area contributed by atoms with Gasteiger partial charge in [0.25, 0.3) is 0 Å². The van der Waals surface area contributed by atoms with Crippen LogP contribution in [0.5, 0.6) is 0 Å². The molecule has 0 spiro atoms.